The first-order valence-electron chi connectivity index (χ1n) is 7.43. The average molecular weight is 301 g/mol. The lowest BCUT2D eigenvalue weighted by Gasteiger charge is -2.13. The van der Waals surface area contributed by atoms with Gasteiger partial charge in [0.05, 0.1) is 11.2 Å². The zero-order valence-electron chi connectivity index (χ0n) is 12.5. The third kappa shape index (κ3) is 2.77. The Bertz CT molecular complexity index is 730. The molecule has 1 aromatic carbocycles. The molecule has 1 aliphatic heterocycles. The average Bonchev–Trinajstić information content (AvgIpc) is 3.12. The second-order valence-corrected chi connectivity index (χ2v) is 5.71. The van der Waals surface area contributed by atoms with Gasteiger partial charge in [-0.05, 0) is 43.5 Å². The number of fused-ring (bicyclic) bond motifs is 1. The molecule has 1 saturated heterocycles. The van der Waals surface area contributed by atoms with E-state index in [9.17, 15) is 9.59 Å². The van der Waals surface area contributed by atoms with E-state index >= 15 is 0 Å². The Kier molecular flexibility index (Phi) is 3.75. The van der Waals surface area contributed by atoms with E-state index in [0.29, 0.717) is 11.4 Å². The number of rotatable bonds is 4. The van der Waals surface area contributed by atoms with Gasteiger partial charge in [-0.3, -0.25) is 9.59 Å². The number of nitrogens with one attached hydrogen (secondary N) is 2. The molecular formula is C16H19N3O3. The van der Waals surface area contributed by atoms with Crippen LogP contribution in [0.2, 0.25) is 0 Å². The van der Waals surface area contributed by atoms with Crippen molar-refractivity contribution in [2.75, 3.05) is 25.0 Å². The van der Waals surface area contributed by atoms with Crippen molar-refractivity contribution >= 4 is 28.5 Å². The van der Waals surface area contributed by atoms with Crippen LogP contribution in [0.3, 0.4) is 0 Å². The Morgan fingerprint density at radius 3 is 2.68 bits per heavy atom. The van der Waals surface area contributed by atoms with Crippen molar-refractivity contribution in [1.29, 1.82) is 0 Å². The lowest BCUT2D eigenvalue weighted by molar-refractivity contribution is -0.134. The number of carboxylic acid groups (broad SMARTS) is 1. The maximum atomic E-state index is 12.5. The number of amides is 1. The molecule has 1 aliphatic rings. The van der Waals surface area contributed by atoms with Gasteiger partial charge in [-0.25, -0.2) is 0 Å². The minimum absolute atomic E-state index is 0.00976. The summed E-state index contributed by atoms with van der Waals surface area (Å²) in [5.41, 5.74) is 3.05. The van der Waals surface area contributed by atoms with Crippen molar-refractivity contribution < 1.29 is 14.7 Å². The number of benzene rings is 1. The molecule has 22 heavy (non-hydrogen) atoms. The number of carbonyl (C=O) groups is 2. The first-order valence-corrected chi connectivity index (χ1v) is 7.43. The number of H-pyrrole nitrogens is 1. The molecule has 0 saturated carbocycles. The summed E-state index contributed by atoms with van der Waals surface area (Å²) in [5.74, 6) is -0.912. The number of likely N-dealkylation sites (tertiary alicyclic amines) is 1. The molecule has 0 aliphatic carbocycles. The van der Waals surface area contributed by atoms with Crippen LogP contribution in [0.15, 0.2) is 18.2 Å². The summed E-state index contributed by atoms with van der Waals surface area (Å²) in [6.45, 7) is 3.39. The minimum Gasteiger partial charge on any atom is -0.480 e. The highest BCUT2D eigenvalue weighted by Gasteiger charge is 2.21. The van der Waals surface area contributed by atoms with E-state index in [4.69, 9.17) is 5.11 Å². The summed E-state index contributed by atoms with van der Waals surface area (Å²) < 4.78 is 0. The Morgan fingerprint density at radius 2 is 2.00 bits per heavy atom. The molecule has 0 atom stereocenters. The predicted octanol–water partition coefficient (Wildman–Crippen LogP) is 2.21. The molecule has 116 valence electrons. The van der Waals surface area contributed by atoms with Crippen molar-refractivity contribution in [2.24, 2.45) is 0 Å². The first kappa shape index (κ1) is 14.4. The molecule has 6 heteroatoms. The molecule has 1 amide bonds. The predicted molar refractivity (Wildman–Crippen MR) is 84.3 cm³/mol. The topological polar surface area (TPSA) is 85.4 Å². The van der Waals surface area contributed by atoms with Crippen LogP contribution in [0.5, 0.6) is 0 Å². The summed E-state index contributed by atoms with van der Waals surface area (Å²) in [7, 11) is 0. The van der Waals surface area contributed by atoms with Gasteiger partial charge in [0.15, 0.2) is 0 Å². The number of nitrogens with zero attached hydrogens (tertiary/aromatic N) is 1. The second-order valence-electron chi connectivity index (χ2n) is 5.71. The number of hydrogen-bond acceptors (Lipinski definition) is 3. The number of aromatic amines is 1. The van der Waals surface area contributed by atoms with Gasteiger partial charge < -0.3 is 20.3 Å². The Balaban J connectivity index is 1.95. The van der Waals surface area contributed by atoms with Crippen LogP contribution in [0.1, 0.15) is 28.9 Å². The maximum absolute atomic E-state index is 12.5. The molecule has 6 nitrogen and oxygen atoms in total. The Morgan fingerprint density at radius 1 is 1.27 bits per heavy atom. The van der Waals surface area contributed by atoms with Gasteiger partial charge in [-0.15, -0.1) is 0 Å². The number of aliphatic carboxylic acids is 1. The van der Waals surface area contributed by atoms with Gasteiger partial charge in [0.2, 0.25) is 0 Å². The standard InChI is InChI=1S/C16H19N3O3/c1-10-6-11-8-13(16(22)19-4-2-3-5-19)18-15(11)12(7-10)17-9-14(20)21/h6-8,17-18H,2-5,9H2,1H3,(H,20,21). The summed E-state index contributed by atoms with van der Waals surface area (Å²) in [6, 6.07) is 5.71. The van der Waals surface area contributed by atoms with Gasteiger partial charge in [-0.2, -0.15) is 0 Å². The highest BCUT2D eigenvalue weighted by atomic mass is 16.4. The SMILES string of the molecule is Cc1cc(NCC(=O)O)c2[nH]c(C(=O)N3CCCC3)cc2c1. The van der Waals surface area contributed by atoms with Gasteiger partial charge >= 0.3 is 5.97 Å². The van der Waals surface area contributed by atoms with Crippen LogP contribution in [0, 0.1) is 6.92 Å². The quantitative estimate of drug-likeness (QED) is 0.808. The number of anilines is 1. The van der Waals surface area contributed by atoms with Crippen LogP contribution < -0.4 is 5.32 Å². The third-order valence-corrected chi connectivity index (χ3v) is 3.93. The monoisotopic (exact) mass is 301 g/mol. The number of carboxylic acids is 1. The fourth-order valence-electron chi connectivity index (χ4n) is 2.91. The fourth-order valence-corrected chi connectivity index (χ4v) is 2.91. The number of carbonyl (C=O) groups excluding carboxylic acids is 1. The van der Waals surface area contributed by atoms with E-state index in [-0.39, 0.29) is 12.5 Å². The summed E-state index contributed by atoms with van der Waals surface area (Å²) >= 11 is 0. The van der Waals surface area contributed by atoms with Crippen LogP contribution in [-0.4, -0.2) is 46.5 Å². The number of aromatic nitrogens is 1. The van der Waals surface area contributed by atoms with Crippen LogP contribution >= 0.6 is 0 Å². The molecule has 1 fully saturated rings. The molecule has 0 unspecified atom stereocenters. The van der Waals surface area contributed by atoms with Crippen molar-refractivity contribution in [3.05, 3.63) is 29.5 Å². The molecule has 1 aromatic heterocycles. The zero-order valence-corrected chi connectivity index (χ0v) is 12.5. The lowest BCUT2D eigenvalue weighted by Crippen LogP contribution is -2.27. The molecule has 0 bridgehead atoms. The molecule has 3 N–H and O–H groups in total. The van der Waals surface area contributed by atoms with E-state index in [1.165, 1.54) is 0 Å². The fraction of sp³-hybridized carbons (Fsp3) is 0.375. The zero-order chi connectivity index (χ0) is 15.7. The molecule has 0 spiro atoms. The minimum atomic E-state index is -0.922. The normalized spacial score (nSPS) is 14.5. The van der Waals surface area contributed by atoms with E-state index in [1.54, 1.807) is 0 Å². The lowest BCUT2D eigenvalue weighted by atomic mass is 10.1. The molecule has 3 rings (SSSR count). The van der Waals surface area contributed by atoms with Crippen LogP contribution in [0.25, 0.3) is 10.9 Å². The van der Waals surface area contributed by atoms with E-state index in [0.717, 1.165) is 42.4 Å². The molecule has 2 aromatic rings. The Labute approximate surface area is 128 Å². The largest absolute Gasteiger partial charge is 0.480 e. The van der Waals surface area contributed by atoms with Gasteiger partial charge in [0, 0.05) is 18.5 Å². The highest BCUT2D eigenvalue weighted by Crippen LogP contribution is 2.26. The molecule has 2 heterocycles. The third-order valence-electron chi connectivity index (χ3n) is 3.93. The van der Waals surface area contributed by atoms with E-state index in [1.807, 2.05) is 30.0 Å². The van der Waals surface area contributed by atoms with Gasteiger partial charge in [0.1, 0.15) is 12.2 Å². The van der Waals surface area contributed by atoms with Crippen LogP contribution in [-0.2, 0) is 4.79 Å². The van der Waals surface area contributed by atoms with E-state index < -0.39 is 5.97 Å². The number of hydrogen-bond donors (Lipinski definition) is 3. The van der Waals surface area contributed by atoms with Crippen molar-refractivity contribution in [2.45, 2.75) is 19.8 Å². The van der Waals surface area contributed by atoms with Crippen molar-refractivity contribution in [1.82, 2.24) is 9.88 Å². The molecule has 0 radical (unpaired) electrons. The van der Waals surface area contributed by atoms with Gasteiger partial charge in [0.25, 0.3) is 5.91 Å². The summed E-state index contributed by atoms with van der Waals surface area (Å²) in [5, 5.41) is 12.6. The first-order chi connectivity index (χ1) is 10.5. The van der Waals surface area contributed by atoms with Crippen molar-refractivity contribution in [3.63, 3.8) is 0 Å². The second kappa shape index (κ2) is 5.71. The smallest absolute Gasteiger partial charge is 0.322 e. The van der Waals surface area contributed by atoms with Crippen LogP contribution in [0.4, 0.5) is 5.69 Å². The molecular weight excluding hydrogens is 282 g/mol. The van der Waals surface area contributed by atoms with Crippen molar-refractivity contribution in [3.8, 4) is 0 Å². The summed E-state index contributed by atoms with van der Waals surface area (Å²) in [6.07, 6.45) is 2.10. The Hall–Kier alpha value is -2.50. The number of aryl methyl sites for hydroxylation is 1. The van der Waals surface area contributed by atoms with Gasteiger partial charge in [-0.1, -0.05) is 0 Å². The maximum Gasteiger partial charge on any atom is 0.322 e. The summed E-state index contributed by atoms with van der Waals surface area (Å²) in [4.78, 5) is 28.2. The van der Waals surface area contributed by atoms with E-state index in [2.05, 4.69) is 10.3 Å². The highest BCUT2D eigenvalue weighted by molar-refractivity contribution is 6.01.